The molecule has 0 amide bonds. The quantitative estimate of drug-likeness (QED) is 0.172. The van der Waals surface area contributed by atoms with E-state index in [1.165, 1.54) is 0 Å². The van der Waals surface area contributed by atoms with Gasteiger partial charge in [-0.3, -0.25) is 9.11 Å². The maximum atomic E-state index is 8.74. The molecule has 0 aliphatic carbocycles. The van der Waals surface area contributed by atoms with Crippen LogP contribution in [0.15, 0.2) is 0 Å². The highest BCUT2D eigenvalue weighted by molar-refractivity contribution is 7.79. The molecular formula is H8O9SSi. The number of hydrogen-bond acceptors (Lipinski definition) is 6. The number of hydrogen-bond donors (Lipinski definition) is 6. The van der Waals surface area contributed by atoms with Crippen LogP contribution in [-0.2, 0) is 10.4 Å². The first-order valence-corrected chi connectivity index (χ1v) is 4.78. The Balaban J connectivity index is -0.000000107. The van der Waals surface area contributed by atoms with Crippen LogP contribution in [-0.4, -0.2) is 51.2 Å². The SMILES string of the molecule is O.O=S(=O)(O)O.O[Si](O)(O)O. The smallest absolute Gasteiger partial charge is 0.412 e. The summed E-state index contributed by atoms with van der Waals surface area (Å²) in [6.07, 6.45) is 0. The van der Waals surface area contributed by atoms with Crippen molar-refractivity contribution >= 4 is 19.4 Å². The Morgan fingerprint density at radius 2 is 0.909 bits per heavy atom. The average Bonchev–Trinajstić information content (AvgIpc) is 1.12. The first-order chi connectivity index (χ1) is 4.00. The molecule has 0 aromatic carbocycles. The predicted octanol–water partition coefficient (Wildman–Crippen LogP) is -4.09. The molecule has 0 radical (unpaired) electrons. The maximum Gasteiger partial charge on any atom is 0.668 e. The molecule has 0 heterocycles. The standard InChI is InChI=1S/H2O4S.H4O4Si.H2O/c2*1-5(2,3)4;/h(H2,1,2,3,4);1-4H;1H2. The molecule has 0 saturated heterocycles. The molecular weight excluding hydrogens is 204 g/mol. The van der Waals surface area contributed by atoms with Gasteiger partial charge in [-0.1, -0.05) is 0 Å². The van der Waals surface area contributed by atoms with E-state index in [9.17, 15) is 0 Å². The van der Waals surface area contributed by atoms with Crippen LogP contribution in [0.5, 0.6) is 0 Å². The lowest BCUT2D eigenvalue weighted by Gasteiger charge is -1.91. The minimum atomic E-state index is -4.67. The Labute approximate surface area is 62.5 Å². The van der Waals surface area contributed by atoms with Gasteiger partial charge in [-0.15, -0.1) is 0 Å². The third-order valence-electron chi connectivity index (χ3n) is 0. The normalized spacial score (nSPS) is 10.7. The van der Waals surface area contributed by atoms with Crippen molar-refractivity contribution in [1.82, 2.24) is 0 Å². The fraction of sp³-hybridized carbons (Fsp3) is 0. The molecule has 11 heavy (non-hydrogen) atoms. The Kier molecular flexibility index (Phi) is 8.59. The molecule has 11 heteroatoms. The Morgan fingerprint density at radius 3 is 0.909 bits per heavy atom. The van der Waals surface area contributed by atoms with E-state index < -0.39 is 19.4 Å². The summed E-state index contributed by atoms with van der Waals surface area (Å²) < 4.78 is 31.6. The summed E-state index contributed by atoms with van der Waals surface area (Å²) in [5.74, 6) is 0. The largest absolute Gasteiger partial charge is 0.668 e. The second kappa shape index (κ2) is 5.53. The highest BCUT2D eigenvalue weighted by atomic mass is 32.3. The molecule has 0 bridgehead atoms. The van der Waals surface area contributed by atoms with Crippen molar-refractivity contribution < 1.29 is 42.2 Å². The first kappa shape index (κ1) is 17.1. The van der Waals surface area contributed by atoms with E-state index in [4.69, 9.17) is 36.7 Å². The van der Waals surface area contributed by atoms with Gasteiger partial charge < -0.3 is 24.7 Å². The first-order valence-electron chi connectivity index (χ1n) is 1.59. The maximum absolute atomic E-state index is 8.74. The third-order valence-corrected chi connectivity index (χ3v) is 0. The van der Waals surface area contributed by atoms with E-state index in [2.05, 4.69) is 0 Å². The zero-order valence-corrected chi connectivity index (χ0v) is 6.72. The molecule has 0 rings (SSSR count). The van der Waals surface area contributed by atoms with Gasteiger partial charge in [0, 0.05) is 0 Å². The van der Waals surface area contributed by atoms with Crippen LogP contribution in [0.2, 0.25) is 0 Å². The van der Waals surface area contributed by atoms with Gasteiger partial charge in [-0.2, -0.15) is 8.42 Å². The monoisotopic (exact) mass is 212 g/mol. The van der Waals surface area contributed by atoms with Gasteiger partial charge in [0.15, 0.2) is 0 Å². The van der Waals surface area contributed by atoms with Gasteiger partial charge in [0.05, 0.1) is 0 Å². The number of rotatable bonds is 0. The second-order valence-corrected chi connectivity index (χ2v) is 3.14. The summed E-state index contributed by atoms with van der Waals surface area (Å²) in [5.41, 5.74) is 0. The van der Waals surface area contributed by atoms with E-state index in [0.29, 0.717) is 0 Å². The molecule has 0 fully saturated rings. The van der Waals surface area contributed by atoms with Gasteiger partial charge in [0.25, 0.3) is 0 Å². The van der Waals surface area contributed by atoms with Crippen molar-refractivity contribution in [2.45, 2.75) is 0 Å². The molecule has 0 unspecified atom stereocenters. The van der Waals surface area contributed by atoms with Gasteiger partial charge in [-0.25, -0.2) is 0 Å². The lowest BCUT2D eigenvalue weighted by Crippen LogP contribution is -2.33. The van der Waals surface area contributed by atoms with Crippen molar-refractivity contribution in [3.8, 4) is 0 Å². The highest BCUT2D eigenvalue weighted by Crippen LogP contribution is 1.67. The van der Waals surface area contributed by atoms with E-state index in [1.54, 1.807) is 0 Å². The van der Waals surface area contributed by atoms with E-state index >= 15 is 0 Å². The van der Waals surface area contributed by atoms with Crippen LogP contribution < -0.4 is 0 Å². The molecule has 0 aliphatic rings. The minimum absolute atomic E-state index is 0. The lowest BCUT2D eigenvalue weighted by molar-refractivity contribution is 0.117. The van der Waals surface area contributed by atoms with Crippen molar-refractivity contribution in [2.24, 2.45) is 0 Å². The van der Waals surface area contributed by atoms with Crippen LogP contribution in [0, 0.1) is 0 Å². The molecule has 9 nitrogen and oxygen atoms in total. The zero-order chi connectivity index (χ0) is 9.00. The lowest BCUT2D eigenvalue weighted by atomic mass is 15.7. The van der Waals surface area contributed by atoms with Crippen molar-refractivity contribution in [3.05, 3.63) is 0 Å². The highest BCUT2D eigenvalue weighted by Gasteiger charge is 2.22. The van der Waals surface area contributed by atoms with E-state index in [0.717, 1.165) is 0 Å². The van der Waals surface area contributed by atoms with Gasteiger partial charge in [-0.05, 0) is 0 Å². The van der Waals surface area contributed by atoms with Crippen molar-refractivity contribution in [3.63, 3.8) is 0 Å². The van der Waals surface area contributed by atoms with Crippen molar-refractivity contribution in [1.29, 1.82) is 0 Å². The van der Waals surface area contributed by atoms with Gasteiger partial charge in [0.2, 0.25) is 0 Å². The van der Waals surface area contributed by atoms with E-state index in [-0.39, 0.29) is 5.48 Å². The Bertz CT molecular complexity index is 144. The summed E-state index contributed by atoms with van der Waals surface area (Å²) in [5, 5.41) is 0. The molecule has 0 aliphatic heterocycles. The summed E-state index contributed by atoms with van der Waals surface area (Å²) >= 11 is 0. The Hall–Kier alpha value is -0.113. The summed E-state index contributed by atoms with van der Waals surface area (Å²) in [6, 6.07) is 0. The summed E-state index contributed by atoms with van der Waals surface area (Å²) in [7, 11) is -9.28. The molecule has 0 aromatic heterocycles. The van der Waals surface area contributed by atoms with Crippen molar-refractivity contribution in [2.75, 3.05) is 0 Å². The Morgan fingerprint density at radius 1 is 0.909 bits per heavy atom. The van der Waals surface area contributed by atoms with Crippen LogP contribution in [0.3, 0.4) is 0 Å². The fourth-order valence-electron chi connectivity index (χ4n) is 0. The topological polar surface area (TPSA) is 187 Å². The molecule has 0 aromatic rings. The molecule has 72 valence electrons. The van der Waals surface area contributed by atoms with E-state index in [1.807, 2.05) is 0 Å². The minimum Gasteiger partial charge on any atom is -0.412 e. The average molecular weight is 212 g/mol. The molecule has 0 saturated carbocycles. The zero-order valence-electron chi connectivity index (χ0n) is 4.91. The summed E-state index contributed by atoms with van der Waals surface area (Å²) in [4.78, 5) is 29.3. The predicted molar refractivity (Wildman–Crippen MR) is 32.4 cm³/mol. The van der Waals surface area contributed by atoms with Gasteiger partial charge in [0.1, 0.15) is 0 Å². The van der Waals surface area contributed by atoms with Crippen LogP contribution in [0.1, 0.15) is 0 Å². The van der Waals surface area contributed by atoms with Crippen LogP contribution >= 0.6 is 0 Å². The van der Waals surface area contributed by atoms with Crippen LogP contribution in [0.25, 0.3) is 0 Å². The molecule has 8 N–H and O–H groups in total. The molecule has 0 atom stereocenters. The summed E-state index contributed by atoms with van der Waals surface area (Å²) in [6.45, 7) is 0. The molecule has 0 spiro atoms. The fourth-order valence-corrected chi connectivity index (χ4v) is 0. The second-order valence-electron chi connectivity index (χ2n) is 1.05. The van der Waals surface area contributed by atoms with Gasteiger partial charge >= 0.3 is 19.4 Å². The van der Waals surface area contributed by atoms with Crippen LogP contribution in [0.4, 0.5) is 0 Å². The third kappa shape index (κ3) is 48100.